The maximum Gasteiger partial charge on any atom is 0.234 e. The highest BCUT2D eigenvalue weighted by atomic mass is 32.2. The topological polar surface area (TPSA) is 55.1 Å². The van der Waals surface area contributed by atoms with Crippen LogP contribution in [0.4, 0.5) is 14.5 Å². The van der Waals surface area contributed by atoms with Crippen molar-refractivity contribution < 1.29 is 13.6 Å². The average Bonchev–Trinajstić information content (AvgIpc) is 2.27. The lowest BCUT2D eigenvalue weighted by molar-refractivity contribution is -0.113. The summed E-state index contributed by atoms with van der Waals surface area (Å²) < 4.78 is 25.7. The zero-order valence-corrected chi connectivity index (χ0v) is 10.9. The molecule has 1 rings (SSSR count). The number of amides is 1. The Morgan fingerprint density at radius 3 is 2.56 bits per heavy atom. The summed E-state index contributed by atoms with van der Waals surface area (Å²) in [6.07, 6.45) is 0. The summed E-state index contributed by atoms with van der Waals surface area (Å²) in [4.78, 5) is 11.5. The van der Waals surface area contributed by atoms with Crippen LogP contribution in [0.3, 0.4) is 0 Å². The molecule has 1 amide bonds. The number of rotatable bonds is 6. The lowest BCUT2D eigenvalue weighted by Crippen LogP contribution is -2.17. The normalized spacial score (nSPS) is 12.2. The van der Waals surface area contributed by atoms with Crippen LogP contribution < -0.4 is 11.1 Å². The molecule has 0 aliphatic rings. The van der Waals surface area contributed by atoms with E-state index in [2.05, 4.69) is 5.32 Å². The zero-order chi connectivity index (χ0) is 13.5. The maximum atomic E-state index is 12.9. The minimum absolute atomic E-state index is 0.130. The van der Waals surface area contributed by atoms with Gasteiger partial charge in [-0.2, -0.15) is 11.8 Å². The van der Waals surface area contributed by atoms with Crippen LogP contribution in [0.15, 0.2) is 18.2 Å². The molecule has 1 aromatic rings. The van der Waals surface area contributed by atoms with E-state index < -0.39 is 11.6 Å². The van der Waals surface area contributed by atoms with Crippen LogP contribution in [0, 0.1) is 17.6 Å². The van der Waals surface area contributed by atoms with E-state index >= 15 is 0 Å². The smallest absolute Gasteiger partial charge is 0.234 e. The maximum absolute atomic E-state index is 12.9. The Kier molecular flexibility index (Phi) is 6.07. The van der Waals surface area contributed by atoms with Crippen LogP contribution in [0.25, 0.3) is 0 Å². The van der Waals surface area contributed by atoms with E-state index in [1.54, 1.807) is 0 Å². The minimum atomic E-state index is -0.713. The number of carbonyl (C=O) groups excluding carboxylic acids is 1. The second-order valence-electron chi connectivity index (χ2n) is 4.06. The quantitative estimate of drug-likeness (QED) is 0.836. The standard InChI is InChI=1S/C12H16F2N2OS/c1-8(5-15)6-18-7-12(17)16-11-3-9(13)2-10(14)4-11/h2-4,8H,5-7,15H2,1H3,(H,16,17). The number of benzene rings is 1. The number of carbonyl (C=O) groups is 1. The van der Waals surface area contributed by atoms with Crippen LogP contribution >= 0.6 is 11.8 Å². The van der Waals surface area contributed by atoms with Crippen LogP contribution in [0.1, 0.15) is 6.92 Å². The van der Waals surface area contributed by atoms with E-state index in [4.69, 9.17) is 5.73 Å². The van der Waals surface area contributed by atoms with E-state index in [9.17, 15) is 13.6 Å². The number of anilines is 1. The van der Waals surface area contributed by atoms with Crippen LogP contribution in [-0.2, 0) is 4.79 Å². The molecule has 3 N–H and O–H groups in total. The molecule has 0 saturated carbocycles. The molecule has 0 bridgehead atoms. The molecule has 0 aliphatic heterocycles. The van der Waals surface area contributed by atoms with Crippen LogP contribution in [-0.4, -0.2) is 24.0 Å². The first-order valence-electron chi connectivity index (χ1n) is 5.55. The minimum Gasteiger partial charge on any atom is -0.330 e. The molecule has 0 radical (unpaired) electrons. The van der Waals surface area contributed by atoms with Crippen molar-refractivity contribution in [3.8, 4) is 0 Å². The molecule has 1 unspecified atom stereocenters. The summed E-state index contributed by atoms with van der Waals surface area (Å²) in [7, 11) is 0. The lowest BCUT2D eigenvalue weighted by atomic mass is 10.2. The van der Waals surface area contributed by atoms with Gasteiger partial charge >= 0.3 is 0 Å². The number of nitrogens with one attached hydrogen (secondary N) is 1. The molecular formula is C12H16F2N2OS. The summed E-state index contributed by atoms with van der Waals surface area (Å²) in [5.41, 5.74) is 5.58. The Hall–Kier alpha value is -1.14. The van der Waals surface area contributed by atoms with Gasteiger partial charge in [0.05, 0.1) is 5.75 Å². The van der Waals surface area contributed by atoms with Gasteiger partial charge in [0.15, 0.2) is 0 Å². The molecule has 0 saturated heterocycles. The van der Waals surface area contributed by atoms with E-state index in [0.717, 1.165) is 24.0 Å². The average molecular weight is 274 g/mol. The number of nitrogens with two attached hydrogens (primary N) is 1. The highest BCUT2D eigenvalue weighted by molar-refractivity contribution is 7.99. The van der Waals surface area contributed by atoms with Gasteiger partial charge in [0.25, 0.3) is 0 Å². The van der Waals surface area contributed by atoms with E-state index in [-0.39, 0.29) is 17.3 Å². The number of hydrogen-bond acceptors (Lipinski definition) is 3. The predicted octanol–water partition coefficient (Wildman–Crippen LogP) is 2.23. The third-order valence-electron chi connectivity index (χ3n) is 2.18. The Morgan fingerprint density at radius 2 is 2.00 bits per heavy atom. The first-order chi connectivity index (χ1) is 8.51. The van der Waals surface area contributed by atoms with Gasteiger partial charge in [-0.15, -0.1) is 0 Å². The Bertz CT molecular complexity index is 395. The third kappa shape index (κ3) is 5.46. The molecule has 0 spiro atoms. The fourth-order valence-corrected chi connectivity index (χ4v) is 2.16. The van der Waals surface area contributed by atoms with Gasteiger partial charge in [0, 0.05) is 11.8 Å². The van der Waals surface area contributed by atoms with Gasteiger partial charge in [0.2, 0.25) is 5.91 Å². The third-order valence-corrected chi connectivity index (χ3v) is 3.46. The fourth-order valence-electron chi connectivity index (χ4n) is 1.24. The SMILES string of the molecule is CC(CN)CSCC(=O)Nc1cc(F)cc(F)c1. The highest BCUT2D eigenvalue weighted by Gasteiger charge is 2.07. The van der Waals surface area contributed by atoms with Crippen molar-refractivity contribution in [3.05, 3.63) is 29.8 Å². The van der Waals surface area contributed by atoms with Crippen molar-refractivity contribution in [1.29, 1.82) is 0 Å². The Labute approximate surface area is 109 Å². The first kappa shape index (κ1) is 14.9. The molecule has 0 aliphatic carbocycles. The summed E-state index contributed by atoms with van der Waals surface area (Å²) in [6.45, 7) is 2.57. The second-order valence-corrected chi connectivity index (χ2v) is 5.09. The van der Waals surface area contributed by atoms with Gasteiger partial charge in [0.1, 0.15) is 11.6 Å². The van der Waals surface area contributed by atoms with Gasteiger partial charge in [-0.05, 0) is 30.3 Å². The van der Waals surface area contributed by atoms with Crippen molar-refractivity contribution in [3.63, 3.8) is 0 Å². The lowest BCUT2D eigenvalue weighted by Gasteiger charge is -2.08. The van der Waals surface area contributed by atoms with Crippen molar-refractivity contribution in [2.75, 3.05) is 23.4 Å². The predicted molar refractivity (Wildman–Crippen MR) is 70.5 cm³/mol. The van der Waals surface area contributed by atoms with Crippen molar-refractivity contribution in [1.82, 2.24) is 0 Å². The van der Waals surface area contributed by atoms with E-state index in [1.165, 1.54) is 11.8 Å². The molecule has 3 nitrogen and oxygen atoms in total. The first-order valence-corrected chi connectivity index (χ1v) is 6.70. The van der Waals surface area contributed by atoms with E-state index in [1.807, 2.05) is 6.92 Å². The number of thioether (sulfide) groups is 1. The molecule has 0 heterocycles. The summed E-state index contributed by atoms with van der Waals surface area (Å²) in [5, 5.41) is 2.44. The van der Waals surface area contributed by atoms with E-state index in [0.29, 0.717) is 12.5 Å². The Morgan fingerprint density at radius 1 is 1.39 bits per heavy atom. The molecule has 0 aromatic heterocycles. The Balaban J connectivity index is 2.40. The molecule has 100 valence electrons. The summed E-state index contributed by atoms with van der Waals surface area (Å²) >= 11 is 1.44. The monoisotopic (exact) mass is 274 g/mol. The van der Waals surface area contributed by atoms with Gasteiger partial charge in [-0.25, -0.2) is 8.78 Å². The number of halogens is 2. The molecule has 1 aromatic carbocycles. The van der Waals surface area contributed by atoms with Crippen molar-refractivity contribution >= 4 is 23.4 Å². The van der Waals surface area contributed by atoms with Crippen LogP contribution in [0.5, 0.6) is 0 Å². The van der Waals surface area contributed by atoms with Crippen molar-refractivity contribution in [2.24, 2.45) is 11.7 Å². The second kappa shape index (κ2) is 7.33. The molecule has 0 fully saturated rings. The van der Waals surface area contributed by atoms with Gasteiger partial charge in [-0.1, -0.05) is 6.92 Å². The largest absolute Gasteiger partial charge is 0.330 e. The summed E-state index contributed by atoms with van der Waals surface area (Å²) in [5.74, 6) is -0.350. The van der Waals surface area contributed by atoms with Gasteiger partial charge < -0.3 is 11.1 Å². The highest BCUT2D eigenvalue weighted by Crippen LogP contribution is 2.14. The molecule has 1 atom stereocenters. The van der Waals surface area contributed by atoms with Crippen molar-refractivity contribution in [2.45, 2.75) is 6.92 Å². The summed E-state index contributed by atoms with van der Waals surface area (Å²) in [6, 6.07) is 2.91. The molecular weight excluding hydrogens is 258 g/mol. The fraction of sp³-hybridized carbons (Fsp3) is 0.417. The van der Waals surface area contributed by atoms with Gasteiger partial charge in [-0.3, -0.25) is 4.79 Å². The molecule has 18 heavy (non-hydrogen) atoms. The molecule has 6 heteroatoms. The number of hydrogen-bond donors (Lipinski definition) is 2. The zero-order valence-electron chi connectivity index (χ0n) is 10.1. The van der Waals surface area contributed by atoms with Crippen LogP contribution in [0.2, 0.25) is 0 Å².